The Morgan fingerprint density at radius 3 is 2.89 bits per heavy atom. The lowest BCUT2D eigenvalue weighted by Gasteiger charge is -2.25. The van der Waals surface area contributed by atoms with Gasteiger partial charge in [0.25, 0.3) is 0 Å². The molecule has 1 saturated heterocycles. The number of aryl methyl sites for hydroxylation is 1. The maximum Gasteiger partial charge on any atom is 0.381 e. The van der Waals surface area contributed by atoms with Gasteiger partial charge in [-0.05, 0) is 6.42 Å². The normalized spacial score (nSPS) is 21.3. The molecule has 7 heteroatoms. The Morgan fingerprint density at radius 1 is 1.53 bits per heavy atom. The lowest BCUT2D eigenvalue weighted by atomic mass is 10.2. The summed E-state index contributed by atoms with van der Waals surface area (Å²) in [5, 5.41) is 0.402. The molecule has 0 saturated carbocycles. The van der Waals surface area contributed by atoms with Crippen LogP contribution in [0.4, 0.5) is 8.78 Å². The van der Waals surface area contributed by atoms with E-state index in [1.807, 2.05) is 0 Å². The summed E-state index contributed by atoms with van der Waals surface area (Å²) in [7, 11) is 1.46. The van der Waals surface area contributed by atoms with Gasteiger partial charge in [-0.1, -0.05) is 6.92 Å². The van der Waals surface area contributed by atoms with Crippen molar-refractivity contribution >= 4 is 17.7 Å². The van der Waals surface area contributed by atoms with Gasteiger partial charge in [-0.2, -0.15) is 20.5 Å². The lowest BCUT2D eigenvalue weighted by molar-refractivity contribution is -0.160. The average molecular weight is 289 g/mol. The molecule has 106 valence electrons. The minimum Gasteiger partial charge on any atom is -0.336 e. The van der Waals surface area contributed by atoms with Crippen molar-refractivity contribution in [2.45, 2.75) is 24.5 Å². The molecule has 2 heterocycles. The van der Waals surface area contributed by atoms with E-state index in [9.17, 15) is 13.6 Å². The standard InChI is InChI=1S/C12H17F2N3OS/c1-9-3-5-17(7-8-19-9)11(18)12(13,14)10-15-4-6-16(10)2/h4,6,9H,3,5,7-8H2,1-2H3. The topological polar surface area (TPSA) is 38.1 Å². The van der Waals surface area contributed by atoms with Gasteiger partial charge in [0.05, 0.1) is 0 Å². The molecule has 1 amide bonds. The second-order valence-electron chi connectivity index (χ2n) is 4.70. The summed E-state index contributed by atoms with van der Waals surface area (Å²) in [6.07, 6.45) is 3.43. The van der Waals surface area contributed by atoms with E-state index in [0.29, 0.717) is 24.1 Å². The second kappa shape index (κ2) is 5.48. The molecule has 1 unspecified atom stereocenters. The Morgan fingerprint density at radius 2 is 2.26 bits per heavy atom. The Balaban J connectivity index is 2.16. The van der Waals surface area contributed by atoms with Crippen LogP contribution in [0.1, 0.15) is 19.2 Å². The summed E-state index contributed by atoms with van der Waals surface area (Å²) in [6.45, 7) is 2.80. The molecule has 19 heavy (non-hydrogen) atoms. The summed E-state index contributed by atoms with van der Waals surface area (Å²) in [6, 6.07) is 0. The third-order valence-corrected chi connectivity index (χ3v) is 4.45. The van der Waals surface area contributed by atoms with E-state index in [2.05, 4.69) is 11.9 Å². The number of nitrogens with zero attached hydrogens (tertiary/aromatic N) is 3. The molecule has 0 radical (unpaired) electrons. The summed E-state index contributed by atoms with van der Waals surface area (Å²) in [5.74, 6) is -4.50. The third kappa shape index (κ3) is 2.91. The molecule has 2 rings (SSSR count). The van der Waals surface area contributed by atoms with Crippen LogP contribution in [0.15, 0.2) is 12.4 Å². The minimum atomic E-state index is -3.56. The zero-order valence-electron chi connectivity index (χ0n) is 11.0. The number of amides is 1. The van der Waals surface area contributed by atoms with Crippen molar-refractivity contribution in [1.29, 1.82) is 0 Å². The zero-order valence-corrected chi connectivity index (χ0v) is 11.8. The Kier molecular flexibility index (Phi) is 4.13. The highest BCUT2D eigenvalue weighted by Crippen LogP contribution is 2.30. The molecule has 1 aliphatic rings. The van der Waals surface area contributed by atoms with Crippen LogP contribution < -0.4 is 0 Å². The largest absolute Gasteiger partial charge is 0.381 e. The molecule has 1 aromatic heterocycles. The maximum atomic E-state index is 14.2. The van der Waals surface area contributed by atoms with Crippen LogP contribution in [-0.2, 0) is 17.8 Å². The van der Waals surface area contributed by atoms with Gasteiger partial charge in [0, 0.05) is 43.5 Å². The number of hydrogen-bond donors (Lipinski definition) is 0. The summed E-state index contributed by atoms with van der Waals surface area (Å²) < 4.78 is 29.5. The van der Waals surface area contributed by atoms with Gasteiger partial charge >= 0.3 is 11.8 Å². The highest BCUT2D eigenvalue weighted by molar-refractivity contribution is 7.99. The first-order chi connectivity index (χ1) is 8.93. The minimum absolute atomic E-state index is 0.369. The number of carbonyl (C=O) groups is 1. The van der Waals surface area contributed by atoms with Crippen LogP contribution in [-0.4, -0.2) is 44.5 Å². The number of carbonyl (C=O) groups excluding carboxylic acids is 1. The van der Waals surface area contributed by atoms with Crippen molar-refractivity contribution in [3.05, 3.63) is 18.2 Å². The van der Waals surface area contributed by atoms with Crippen LogP contribution >= 0.6 is 11.8 Å². The van der Waals surface area contributed by atoms with Gasteiger partial charge in [-0.15, -0.1) is 0 Å². The molecule has 1 fully saturated rings. The van der Waals surface area contributed by atoms with E-state index < -0.39 is 17.7 Å². The van der Waals surface area contributed by atoms with Gasteiger partial charge < -0.3 is 9.47 Å². The lowest BCUT2D eigenvalue weighted by Crippen LogP contribution is -2.44. The third-order valence-electron chi connectivity index (χ3n) is 3.23. The van der Waals surface area contributed by atoms with Crippen LogP contribution in [0.2, 0.25) is 0 Å². The molecular weight excluding hydrogens is 272 g/mol. The van der Waals surface area contributed by atoms with Crippen molar-refractivity contribution in [3.8, 4) is 0 Å². The number of rotatable bonds is 2. The smallest absolute Gasteiger partial charge is 0.336 e. The molecule has 4 nitrogen and oxygen atoms in total. The summed E-state index contributed by atoms with van der Waals surface area (Å²) in [4.78, 5) is 16.9. The summed E-state index contributed by atoms with van der Waals surface area (Å²) in [5.41, 5.74) is 0. The SMILES string of the molecule is CC1CCN(C(=O)C(F)(F)c2nccn2C)CCS1. The van der Waals surface area contributed by atoms with Gasteiger partial charge in [-0.3, -0.25) is 4.79 Å². The highest BCUT2D eigenvalue weighted by atomic mass is 32.2. The highest BCUT2D eigenvalue weighted by Gasteiger charge is 2.47. The molecule has 1 aromatic rings. The predicted octanol–water partition coefficient (Wildman–Crippen LogP) is 1.87. The first-order valence-electron chi connectivity index (χ1n) is 6.19. The Hall–Kier alpha value is -1.11. The Labute approximate surface area is 115 Å². The van der Waals surface area contributed by atoms with E-state index in [0.717, 1.165) is 6.42 Å². The zero-order chi connectivity index (χ0) is 14.0. The summed E-state index contributed by atoms with van der Waals surface area (Å²) >= 11 is 1.71. The molecule has 0 spiro atoms. The van der Waals surface area contributed by atoms with E-state index in [4.69, 9.17) is 0 Å². The fourth-order valence-electron chi connectivity index (χ4n) is 2.06. The van der Waals surface area contributed by atoms with E-state index in [1.54, 1.807) is 11.8 Å². The molecule has 1 aliphatic heterocycles. The molecular formula is C12H17F2N3OS. The monoisotopic (exact) mass is 289 g/mol. The first kappa shape index (κ1) is 14.3. The van der Waals surface area contributed by atoms with Crippen LogP contribution in [0, 0.1) is 0 Å². The molecule has 0 aromatic carbocycles. The van der Waals surface area contributed by atoms with Gasteiger partial charge in [0.2, 0.25) is 0 Å². The fourth-order valence-corrected chi connectivity index (χ4v) is 3.06. The number of halogens is 2. The number of alkyl halides is 2. The van der Waals surface area contributed by atoms with Crippen molar-refractivity contribution in [2.75, 3.05) is 18.8 Å². The van der Waals surface area contributed by atoms with Crippen molar-refractivity contribution in [3.63, 3.8) is 0 Å². The van der Waals surface area contributed by atoms with Gasteiger partial charge in [-0.25, -0.2) is 4.98 Å². The number of hydrogen-bond acceptors (Lipinski definition) is 3. The van der Waals surface area contributed by atoms with Crippen molar-refractivity contribution < 1.29 is 13.6 Å². The Bertz CT molecular complexity index is 464. The second-order valence-corrected chi connectivity index (χ2v) is 6.24. The average Bonchev–Trinajstić information content (AvgIpc) is 2.68. The molecule has 1 atom stereocenters. The van der Waals surface area contributed by atoms with E-state index >= 15 is 0 Å². The quantitative estimate of drug-likeness (QED) is 0.834. The van der Waals surface area contributed by atoms with Crippen LogP contribution in [0.3, 0.4) is 0 Å². The fraction of sp³-hybridized carbons (Fsp3) is 0.667. The van der Waals surface area contributed by atoms with Crippen LogP contribution in [0.5, 0.6) is 0 Å². The van der Waals surface area contributed by atoms with Crippen molar-refractivity contribution in [1.82, 2.24) is 14.5 Å². The van der Waals surface area contributed by atoms with E-state index in [1.165, 1.54) is 28.9 Å². The number of imidazole rings is 1. The van der Waals surface area contributed by atoms with E-state index in [-0.39, 0.29) is 0 Å². The van der Waals surface area contributed by atoms with Crippen LogP contribution in [0.25, 0.3) is 0 Å². The predicted molar refractivity (Wildman–Crippen MR) is 70.2 cm³/mol. The molecule has 0 N–H and O–H groups in total. The number of thioether (sulfide) groups is 1. The van der Waals surface area contributed by atoms with Gasteiger partial charge in [0.15, 0.2) is 5.82 Å². The molecule has 0 bridgehead atoms. The molecule has 0 aliphatic carbocycles. The maximum absolute atomic E-state index is 14.2. The van der Waals surface area contributed by atoms with Crippen molar-refractivity contribution in [2.24, 2.45) is 7.05 Å². The number of aromatic nitrogens is 2. The first-order valence-corrected chi connectivity index (χ1v) is 7.24. The van der Waals surface area contributed by atoms with Gasteiger partial charge in [0.1, 0.15) is 0 Å².